The van der Waals surface area contributed by atoms with E-state index in [0.29, 0.717) is 18.0 Å². The molecular formula is C19H23NO3. The molecule has 122 valence electrons. The quantitative estimate of drug-likeness (QED) is 0.851. The van der Waals surface area contributed by atoms with Gasteiger partial charge in [-0.15, -0.1) is 0 Å². The number of hydrogen-bond donors (Lipinski definition) is 1. The molecule has 23 heavy (non-hydrogen) atoms. The Bertz CT molecular complexity index is 640. The predicted octanol–water partition coefficient (Wildman–Crippen LogP) is 3.51. The van der Waals surface area contributed by atoms with Gasteiger partial charge in [0.25, 0.3) is 0 Å². The normalized spacial score (nSPS) is 11.6. The highest BCUT2D eigenvalue weighted by molar-refractivity contribution is 5.83. The van der Waals surface area contributed by atoms with E-state index in [-0.39, 0.29) is 11.8 Å². The molecule has 0 heterocycles. The first-order valence-corrected chi connectivity index (χ1v) is 7.73. The molecule has 0 unspecified atom stereocenters. The van der Waals surface area contributed by atoms with Crippen LogP contribution < -0.4 is 14.8 Å². The second-order valence-electron chi connectivity index (χ2n) is 5.28. The average Bonchev–Trinajstić information content (AvgIpc) is 2.61. The van der Waals surface area contributed by atoms with Crippen molar-refractivity contribution < 1.29 is 14.3 Å². The highest BCUT2D eigenvalue weighted by Crippen LogP contribution is 2.27. The van der Waals surface area contributed by atoms with Gasteiger partial charge in [0.2, 0.25) is 5.91 Å². The highest BCUT2D eigenvalue weighted by atomic mass is 16.5. The van der Waals surface area contributed by atoms with Gasteiger partial charge in [-0.3, -0.25) is 4.79 Å². The lowest BCUT2D eigenvalue weighted by molar-refractivity contribution is -0.122. The molecule has 0 saturated carbocycles. The number of methoxy groups -OCH3 is 2. The Morgan fingerprint density at radius 2 is 1.74 bits per heavy atom. The summed E-state index contributed by atoms with van der Waals surface area (Å²) in [6, 6.07) is 15.5. The molecule has 2 aromatic rings. The van der Waals surface area contributed by atoms with E-state index >= 15 is 0 Å². The van der Waals surface area contributed by atoms with Crippen LogP contribution in [0.3, 0.4) is 0 Å². The maximum atomic E-state index is 12.5. The SMILES string of the molecule is CC[C@H](C(=O)NCc1ccc(OC)c(OC)c1)c1ccccc1. The fourth-order valence-electron chi connectivity index (χ4n) is 2.56. The van der Waals surface area contributed by atoms with Gasteiger partial charge in [-0.05, 0) is 29.7 Å². The Morgan fingerprint density at radius 1 is 1.04 bits per heavy atom. The molecule has 0 aromatic heterocycles. The summed E-state index contributed by atoms with van der Waals surface area (Å²) in [5, 5.41) is 3.00. The van der Waals surface area contributed by atoms with Crippen LogP contribution in [0.2, 0.25) is 0 Å². The fourth-order valence-corrected chi connectivity index (χ4v) is 2.56. The van der Waals surface area contributed by atoms with E-state index in [4.69, 9.17) is 9.47 Å². The van der Waals surface area contributed by atoms with Crippen molar-refractivity contribution in [2.75, 3.05) is 14.2 Å². The molecule has 0 aliphatic carbocycles. The first-order valence-electron chi connectivity index (χ1n) is 7.73. The van der Waals surface area contributed by atoms with E-state index in [1.54, 1.807) is 14.2 Å². The standard InChI is InChI=1S/C19H23NO3/c1-4-16(15-8-6-5-7-9-15)19(21)20-13-14-10-11-17(22-2)18(12-14)23-3/h5-12,16H,4,13H2,1-3H3,(H,20,21)/t16-/m0/s1. The van der Waals surface area contributed by atoms with Crippen LogP contribution in [0.5, 0.6) is 11.5 Å². The molecule has 2 rings (SSSR count). The zero-order valence-electron chi connectivity index (χ0n) is 13.8. The van der Waals surface area contributed by atoms with Crippen LogP contribution >= 0.6 is 0 Å². The van der Waals surface area contributed by atoms with Crippen molar-refractivity contribution in [1.29, 1.82) is 0 Å². The van der Waals surface area contributed by atoms with Crippen LogP contribution in [0.4, 0.5) is 0 Å². The number of carbonyl (C=O) groups excluding carboxylic acids is 1. The molecule has 0 fully saturated rings. The Morgan fingerprint density at radius 3 is 2.35 bits per heavy atom. The number of nitrogens with one attached hydrogen (secondary N) is 1. The van der Waals surface area contributed by atoms with Gasteiger partial charge >= 0.3 is 0 Å². The highest BCUT2D eigenvalue weighted by Gasteiger charge is 2.18. The molecule has 0 saturated heterocycles. The van der Waals surface area contributed by atoms with Gasteiger partial charge in [0.05, 0.1) is 20.1 Å². The molecule has 4 nitrogen and oxygen atoms in total. The second kappa shape index (κ2) is 8.22. The van der Waals surface area contributed by atoms with E-state index in [9.17, 15) is 4.79 Å². The summed E-state index contributed by atoms with van der Waals surface area (Å²) in [5.41, 5.74) is 2.01. The summed E-state index contributed by atoms with van der Waals surface area (Å²) in [4.78, 5) is 12.5. The second-order valence-corrected chi connectivity index (χ2v) is 5.28. The number of amides is 1. The summed E-state index contributed by atoms with van der Waals surface area (Å²) in [6.07, 6.45) is 0.766. The van der Waals surface area contributed by atoms with Crippen molar-refractivity contribution in [2.45, 2.75) is 25.8 Å². The molecule has 0 radical (unpaired) electrons. The predicted molar refractivity (Wildman–Crippen MR) is 90.9 cm³/mol. The molecule has 0 bridgehead atoms. The molecule has 0 aliphatic rings. The number of rotatable bonds is 7. The van der Waals surface area contributed by atoms with Gasteiger partial charge in [-0.2, -0.15) is 0 Å². The zero-order chi connectivity index (χ0) is 16.7. The van der Waals surface area contributed by atoms with Gasteiger partial charge in [0, 0.05) is 6.54 Å². The van der Waals surface area contributed by atoms with Gasteiger partial charge in [-0.1, -0.05) is 43.3 Å². The van der Waals surface area contributed by atoms with E-state index in [0.717, 1.165) is 17.5 Å². The van der Waals surface area contributed by atoms with Crippen LogP contribution in [0.1, 0.15) is 30.4 Å². The zero-order valence-corrected chi connectivity index (χ0v) is 13.8. The lowest BCUT2D eigenvalue weighted by Gasteiger charge is -2.16. The van der Waals surface area contributed by atoms with E-state index in [1.165, 1.54) is 0 Å². The largest absolute Gasteiger partial charge is 0.493 e. The number of ether oxygens (including phenoxy) is 2. The van der Waals surface area contributed by atoms with Crippen LogP contribution in [-0.2, 0) is 11.3 Å². The summed E-state index contributed by atoms with van der Waals surface area (Å²) in [7, 11) is 3.20. The molecule has 4 heteroatoms. The minimum absolute atomic E-state index is 0.0356. The molecular weight excluding hydrogens is 290 g/mol. The van der Waals surface area contributed by atoms with Gasteiger partial charge in [-0.25, -0.2) is 0 Å². The maximum Gasteiger partial charge on any atom is 0.227 e. The number of hydrogen-bond acceptors (Lipinski definition) is 3. The van der Waals surface area contributed by atoms with E-state index in [2.05, 4.69) is 5.32 Å². The Kier molecular flexibility index (Phi) is 6.03. The van der Waals surface area contributed by atoms with Crippen molar-refractivity contribution >= 4 is 5.91 Å². The smallest absolute Gasteiger partial charge is 0.227 e. The van der Waals surface area contributed by atoms with Crippen molar-refractivity contribution in [1.82, 2.24) is 5.32 Å². The fraction of sp³-hybridized carbons (Fsp3) is 0.316. The first kappa shape index (κ1) is 16.9. The minimum atomic E-state index is -0.128. The summed E-state index contributed by atoms with van der Waals surface area (Å²) in [5.74, 6) is 1.25. The molecule has 2 aromatic carbocycles. The lowest BCUT2D eigenvalue weighted by atomic mass is 9.95. The summed E-state index contributed by atoms with van der Waals surface area (Å²) >= 11 is 0. The Labute approximate surface area is 137 Å². The summed E-state index contributed by atoms with van der Waals surface area (Å²) < 4.78 is 10.5. The topological polar surface area (TPSA) is 47.6 Å². The molecule has 0 aliphatic heterocycles. The van der Waals surface area contributed by atoms with Gasteiger partial charge in [0.15, 0.2) is 11.5 Å². The van der Waals surface area contributed by atoms with Crippen LogP contribution in [0.25, 0.3) is 0 Å². The van der Waals surface area contributed by atoms with Crippen LogP contribution in [0.15, 0.2) is 48.5 Å². The third-order valence-electron chi connectivity index (χ3n) is 3.84. The van der Waals surface area contributed by atoms with E-state index in [1.807, 2.05) is 55.5 Å². The monoisotopic (exact) mass is 313 g/mol. The lowest BCUT2D eigenvalue weighted by Crippen LogP contribution is -2.28. The molecule has 1 amide bonds. The van der Waals surface area contributed by atoms with Crippen molar-refractivity contribution in [3.8, 4) is 11.5 Å². The number of benzene rings is 2. The van der Waals surface area contributed by atoms with Crippen molar-refractivity contribution in [3.63, 3.8) is 0 Å². The molecule has 1 atom stereocenters. The molecule has 1 N–H and O–H groups in total. The minimum Gasteiger partial charge on any atom is -0.493 e. The maximum absolute atomic E-state index is 12.5. The van der Waals surface area contributed by atoms with Gasteiger partial charge in [0.1, 0.15) is 0 Å². The van der Waals surface area contributed by atoms with Crippen molar-refractivity contribution in [3.05, 3.63) is 59.7 Å². The number of carbonyl (C=O) groups is 1. The van der Waals surface area contributed by atoms with Crippen molar-refractivity contribution in [2.24, 2.45) is 0 Å². The van der Waals surface area contributed by atoms with E-state index < -0.39 is 0 Å². The third kappa shape index (κ3) is 4.25. The first-order chi connectivity index (χ1) is 11.2. The summed E-state index contributed by atoms with van der Waals surface area (Å²) in [6.45, 7) is 2.48. The molecule has 0 spiro atoms. The van der Waals surface area contributed by atoms with Gasteiger partial charge < -0.3 is 14.8 Å². The average molecular weight is 313 g/mol. The van der Waals surface area contributed by atoms with Crippen LogP contribution in [0, 0.1) is 0 Å². The van der Waals surface area contributed by atoms with Crippen LogP contribution in [-0.4, -0.2) is 20.1 Å². The Balaban J connectivity index is 2.03. The third-order valence-corrected chi connectivity index (χ3v) is 3.84. The Hall–Kier alpha value is -2.49.